The van der Waals surface area contributed by atoms with Gasteiger partial charge in [0.1, 0.15) is 15.6 Å². The van der Waals surface area contributed by atoms with Crippen LogP contribution in [0.15, 0.2) is 54.6 Å². The molecule has 0 saturated carbocycles. The molecule has 39 heavy (non-hydrogen) atoms. The Morgan fingerprint density at radius 1 is 1.13 bits per heavy atom. The quantitative estimate of drug-likeness (QED) is 0.352. The fourth-order valence-corrected chi connectivity index (χ4v) is 6.77. The molecule has 2 unspecified atom stereocenters. The van der Waals surface area contributed by atoms with E-state index in [0.717, 1.165) is 27.9 Å². The van der Waals surface area contributed by atoms with Crippen molar-refractivity contribution in [1.82, 2.24) is 9.71 Å². The first-order chi connectivity index (χ1) is 18.5. The SMILES string of the molecule is Cc1nc(OCCCS(C)(=O)=O)ccc1-c1cccc2c1C[C@@H](O)C2c1ccc(C2=CC(=O)NS2=O)c(O)c1. The van der Waals surface area contributed by atoms with E-state index in [1.165, 1.54) is 12.3 Å². The van der Waals surface area contributed by atoms with Crippen molar-refractivity contribution in [2.75, 3.05) is 18.6 Å². The number of aliphatic hydroxyl groups excluding tert-OH is 1. The van der Waals surface area contributed by atoms with Gasteiger partial charge in [0.15, 0.2) is 11.0 Å². The summed E-state index contributed by atoms with van der Waals surface area (Å²) in [4.78, 5) is 16.3. The van der Waals surface area contributed by atoms with Gasteiger partial charge in [-0.25, -0.2) is 17.6 Å². The number of carbonyl (C=O) groups is 1. The van der Waals surface area contributed by atoms with E-state index in [9.17, 15) is 27.6 Å². The number of rotatable bonds is 8. The average Bonchev–Trinajstić information content (AvgIpc) is 3.38. The molecule has 3 atom stereocenters. The van der Waals surface area contributed by atoms with Crippen molar-refractivity contribution in [1.29, 1.82) is 0 Å². The monoisotopic (exact) mass is 568 g/mol. The van der Waals surface area contributed by atoms with Gasteiger partial charge < -0.3 is 14.9 Å². The van der Waals surface area contributed by atoms with E-state index in [1.54, 1.807) is 24.3 Å². The topological polar surface area (TPSA) is 143 Å². The number of hydrogen-bond acceptors (Lipinski definition) is 8. The second-order valence-electron chi connectivity index (χ2n) is 9.76. The van der Waals surface area contributed by atoms with Gasteiger partial charge in [-0.15, -0.1) is 0 Å². The van der Waals surface area contributed by atoms with Crippen LogP contribution >= 0.6 is 0 Å². The summed E-state index contributed by atoms with van der Waals surface area (Å²) in [6, 6.07) is 14.5. The summed E-state index contributed by atoms with van der Waals surface area (Å²) >= 11 is 0. The van der Waals surface area contributed by atoms with Gasteiger partial charge in [-0.2, -0.15) is 0 Å². The van der Waals surface area contributed by atoms with Crippen molar-refractivity contribution in [3.05, 3.63) is 82.6 Å². The minimum absolute atomic E-state index is 0.0540. The van der Waals surface area contributed by atoms with Gasteiger partial charge >= 0.3 is 0 Å². The van der Waals surface area contributed by atoms with Crippen LogP contribution < -0.4 is 9.46 Å². The largest absolute Gasteiger partial charge is 0.507 e. The molecule has 11 heteroatoms. The number of fused-ring (bicyclic) bond motifs is 1. The minimum atomic E-state index is -3.04. The third-order valence-electron chi connectivity index (χ3n) is 6.91. The number of benzene rings is 2. The van der Waals surface area contributed by atoms with Gasteiger partial charge in [-0.3, -0.25) is 9.52 Å². The number of aliphatic hydroxyl groups is 1. The number of amides is 1. The number of aromatic nitrogens is 1. The molecular formula is C28H28N2O7S2. The summed E-state index contributed by atoms with van der Waals surface area (Å²) in [5.41, 5.74) is 5.51. The third-order valence-corrected chi connectivity index (χ3v) is 9.06. The minimum Gasteiger partial charge on any atom is -0.507 e. The van der Waals surface area contributed by atoms with Crippen LogP contribution in [0.25, 0.3) is 16.0 Å². The number of pyridine rings is 1. The number of hydrogen-bond donors (Lipinski definition) is 3. The lowest BCUT2D eigenvalue weighted by Crippen LogP contribution is -2.16. The fourth-order valence-electron chi connectivity index (χ4n) is 5.19. The van der Waals surface area contributed by atoms with E-state index in [0.29, 0.717) is 29.8 Å². The van der Waals surface area contributed by atoms with Crippen LogP contribution in [-0.2, 0) is 32.0 Å². The van der Waals surface area contributed by atoms with Crippen molar-refractivity contribution in [2.45, 2.75) is 31.8 Å². The van der Waals surface area contributed by atoms with E-state index in [2.05, 4.69) is 9.71 Å². The Kier molecular flexibility index (Phi) is 7.32. The number of ether oxygens (including phenoxy) is 1. The first-order valence-corrected chi connectivity index (χ1v) is 15.6. The molecule has 3 N–H and O–H groups in total. The molecule has 0 bridgehead atoms. The lowest BCUT2D eigenvalue weighted by atomic mass is 9.89. The Morgan fingerprint density at radius 2 is 1.90 bits per heavy atom. The first kappa shape index (κ1) is 27.0. The number of nitrogens with zero attached hydrogens (tertiary/aromatic N) is 1. The molecule has 3 aromatic rings. The highest BCUT2D eigenvalue weighted by molar-refractivity contribution is 7.94. The Bertz CT molecular complexity index is 1630. The third kappa shape index (κ3) is 5.61. The Morgan fingerprint density at radius 3 is 2.56 bits per heavy atom. The zero-order chi connectivity index (χ0) is 27.9. The molecule has 2 heterocycles. The van der Waals surface area contributed by atoms with Gasteiger partial charge in [-0.05, 0) is 53.8 Å². The molecular weight excluding hydrogens is 540 g/mol. The van der Waals surface area contributed by atoms with Gasteiger partial charge in [0.05, 0.1) is 23.4 Å². The summed E-state index contributed by atoms with van der Waals surface area (Å²) in [5, 5.41) is 21.8. The molecule has 5 rings (SSSR count). The molecule has 2 aromatic carbocycles. The molecule has 9 nitrogen and oxygen atoms in total. The number of aryl methyl sites for hydroxylation is 1. The number of nitrogens with one attached hydrogen (secondary N) is 1. The number of phenolic OH excluding ortho intramolecular Hbond substituents is 1. The standard InChI is InChI=1S/C28H28N2O7S2/c1-16-18(9-10-27(29-16)37-11-4-12-39(2,35)36)19-5-3-6-20-22(19)14-24(32)28(20)17-7-8-21(23(31)13-17)25-15-26(33)30-38(25)34/h3,5-10,13,15,24,28,31-32H,4,11-12,14H2,1-2H3,(H,30,33)/t24-,28?,38?/m1/s1. The van der Waals surface area contributed by atoms with Crippen LogP contribution in [0.5, 0.6) is 11.6 Å². The lowest BCUT2D eigenvalue weighted by Gasteiger charge is -2.18. The molecule has 0 saturated heterocycles. The molecule has 1 aliphatic carbocycles. The van der Waals surface area contributed by atoms with Crippen LogP contribution in [-0.4, -0.2) is 58.5 Å². The first-order valence-electron chi connectivity index (χ1n) is 12.4. The van der Waals surface area contributed by atoms with Gasteiger partial charge in [-0.1, -0.05) is 24.3 Å². The van der Waals surface area contributed by atoms with Gasteiger partial charge in [0, 0.05) is 47.6 Å². The zero-order valence-corrected chi connectivity index (χ0v) is 23.0. The average molecular weight is 569 g/mol. The number of sulfone groups is 1. The molecule has 204 valence electrons. The second-order valence-corrected chi connectivity index (χ2v) is 13.2. The Balaban J connectivity index is 1.41. The van der Waals surface area contributed by atoms with Gasteiger partial charge in [0.25, 0.3) is 5.91 Å². The van der Waals surface area contributed by atoms with Crippen molar-refractivity contribution < 1.29 is 32.4 Å². The summed E-state index contributed by atoms with van der Waals surface area (Å²) in [7, 11) is -4.77. The number of phenols is 1. The Labute approximate surface area is 229 Å². The van der Waals surface area contributed by atoms with E-state index in [4.69, 9.17) is 4.74 Å². The smallest absolute Gasteiger partial charge is 0.257 e. The highest BCUT2D eigenvalue weighted by atomic mass is 32.2. The summed E-state index contributed by atoms with van der Waals surface area (Å²) < 4.78 is 42.7. The second kappa shape index (κ2) is 10.6. The summed E-state index contributed by atoms with van der Waals surface area (Å²) in [6.07, 6.45) is 2.47. The van der Waals surface area contributed by atoms with E-state index >= 15 is 0 Å². The van der Waals surface area contributed by atoms with E-state index < -0.39 is 32.8 Å². The van der Waals surface area contributed by atoms with Crippen LogP contribution in [0.4, 0.5) is 0 Å². The molecule has 1 aromatic heterocycles. The van der Waals surface area contributed by atoms with Crippen molar-refractivity contribution >= 4 is 31.6 Å². The van der Waals surface area contributed by atoms with Crippen LogP contribution in [0.2, 0.25) is 0 Å². The highest BCUT2D eigenvalue weighted by Gasteiger charge is 2.35. The van der Waals surface area contributed by atoms with Gasteiger partial charge in [0.2, 0.25) is 5.88 Å². The van der Waals surface area contributed by atoms with Crippen molar-refractivity contribution in [3.8, 4) is 22.8 Å². The van der Waals surface area contributed by atoms with E-state index in [-0.39, 0.29) is 28.9 Å². The maximum atomic E-state index is 12.1. The predicted molar refractivity (Wildman–Crippen MR) is 148 cm³/mol. The predicted octanol–water partition coefficient (Wildman–Crippen LogP) is 2.76. The van der Waals surface area contributed by atoms with Crippen LogP contribution in [0, 0.1) is 6.92 Å². The maximum absolute atomic E-state index is 12.1. The molecule has 1 aliphatic heterocycles. The maximum Gasteiger partial charge on any atom is 0.257 e. The molecule has 2 aliphatic rings. The number of carbonyl (C=O) groups excluding carboxylic acids is 1. The van der Waals surface area contributed by atoms with Crippen LogP contribution in [0.3, 0.4) is 0 Å². The van der Waals surface area contributed by atoms with E-state index in [1.807, 2.05) is 31.2 Å². The lowest BCUT2D eigenvalue weighted by molar-refractivity contribution is -0.114. The molecule has 0 fully saturated rings. The highest BCUT2D eigenvalue weighted by Crippen LogP contribution is 2.44. The molecule has 0 spiro atoms. The summed E-state index contributed by atoms with van der Waals surface area (Å²) in [6.45, 7) is 2.12. The fraction of sp³-hybridized carbons (Fsp3) is 0.286. The Hall–Kier alpha value is -3.54. The number of aromatic hydroxyl groups is 1. The zero-order valence-electron chi connectivity index (χ0n) is 21.4. The normalized spacial score (nSPS) is 20.4. The summed E-state index contributed by atoms with van der Waals surface area (Å²) in [5.74, 6) is -0.504. The van der Waals surface area contributed by atoms with Crippen molar-refractivity contribution in [3.63, 3.8) is 0 Å². The molecule has 0 radical (unpaired) electrons. The van der Waals surface area contributed by atoms with Crippen molar-refractivity contribution in [2.24, 2.45) is 0 Å². The molecule has 1 amide bonds. The van der Waals surface area contributed by atoms with Crippen LogP contribution in [0.1, 0.15) is 40.3 Å².